The summed E-state index contributed by atoms with van der Waals surface area (Å²) in [6.45, 7) is 1.71. The van der Waals surface area contributed by atoms with E-state index >= 15 is 0 Å². The van der Waals surface area contributed by atoms with Gasteiger partial charge in [-0.3, -0.25) is 0 Å². The van der Waals surface area contributed by atoms with Gasteiger partial charge in [-0.05, 0) is 44.5 Å². The summed E-state index contributed by atoms with van der Waals surface area (Å²) in [5.74, 6) is 0. The van der Waals surface area contributed by atoms with Crippen LogP contribution in [0.4, 0.5) is 23.7 Å². The highest BCUT2D eigenvalue weighted by Gasteiger charge is 2.34. The second-order valence-electron chi connectivity index (χ2n) is 5.42. The molecule has 122 valence electrons. The Morgan fingerprint density at radius 3 is 2.73 bits per heavy atom. The fourth-order valence-corrected chi connectivity index (χ4v) is 2.60. The van der Waals surface area contributed by atoms with Crippen LogP contribution >= 0.6 is 0 Å². The molecule has 1 unspecified atom stereocenters. The molecule has 1 heterocycles. The summed E-state index contributed by atoms with van der Waals surface area (Å²) in [5.41, 5.74) is -1.04. The van der Waals surface area contributed by atoms with Crippen LogP contribution in [0, 0.1) is 0 Å². The molecule has 0 saturated carbocycles. The molecule has 2 rings (SSSR count). The topological polar surface area (TPSA) is 44.4 Å². The Morgan fingerprint density at radius 1 is 1.27 bits per heavy atom. The fourth-order valence-electron chi connectivity index (χ4n) is 2.60. The van der Waals surface area contributed by atoms with Gasteiger partial charge in [0.05, 0.1) is 11.3 Å². The van der Waals surface area contributed by atoms with Crippen molar-refractivity contribution in [2.24, 2.45) is 0 Å². The summed E-state index contributed by atoms with van der Waals surface area (Å²) >= 11 is 0. The molecular weight excluding hydrogens is 295 g/mol. The van der Waals surface area contributed by atoms with Gasteiger partial charge in [0.15, 0.2) is 0 Å². The highest BCUT2D eigenvalue weighted by molar-refractivity contribution is 5.90. The number of halogens is 3. The Balaban J connectivity index is 2.08. The lowest BCUT2D eigenvalue weighted by Crippen LogP contribution is -2.40. The SMILES string of the molecule is CN(C(=O)Nc1ccccc1C(F)(F)F)C1CCCNCC1. The number of rotatable bonds is 2. The van der Waals surface area contributed by atoms with E-state index in [0.717, 1.165) is 38.4 Å². The third-order valence-corrected chi connectivity index (χ3v) is 3.89. The van der Waals surface area contributed by atoms with Gasteiger partial charge in [0, 0.05) is 13.1 Å². The van der Waals surface area contributed by atoms with Crippen LogP contribution in [-0.4, -0.2) is 37.1 Å². The zero-order valence-electron chi connectivity index (χ0n) is 12.4. The number of carbonyl (C=O) groups is 1. The second-order valence-corrected chi connectivity index (χ2v) is 5.42. The number of carbonyl (C=O) groups excluding carboxylic acids is 1. The van der Waals surface area contributed by atoms with E-state index in [9.17, 15) is 18.0 Å². The van der Waals surface area contributed by atoms with Crippen molar-refractivity contribution in [3.05, 3.63) is 29.8 Å². The Kier molecular flexibility index (Phi) is 5.28. The molecule has 4 nitrogen and oxygen atoms in total. The lowest BCUT2D eigenvalue weighted by molar-refractivity contribution is -0.136. The number of alkyl halides is 3. The van der Waals surface area contributed by atoms with Gasteiger partial charge in [-0.25, -0.2) is 4.79 Å². The molecule has 2 N–H and O–H groups in total. The summed E-state index contributed by atoms with van der Waals surface area (Å²) in [6.07, 6.45) is -1.90. The normalized spacial score (nSPS) is 19.4. The molecule has 22 heavy (non-hydrogen) atoms. The third-order valence-electron chi connectivity index (χ3n) is 3.89. The Hall–Kier alpha value is -1.76. The molecule has 2 amide bonds. The number of amides is 2. The Morgan fingerprint density at radius 2 is 2.00 bits per heavy atom. The van der Waals surface area contributed by atoms with Gasteiger partial charge in [-0.15, -0.1) is 0 Å². The number of nitrogens with zero attached hydrogens (tertiary/aromatic N) is 1. The number of hydrogen-bond donors (Lipinski definition) is 2. The summed E-state index contributed by atoms with van der Waals surface area (Å²) in [6, 6.07) is 4.53. The monoisotopic (exact) mass is 315 g/mol. The maximum Gasteiger partial charge on any atom is 0.418 e. The van der Waals surface area contributed by atoms with Gasteiger partial charge >= 0.3 is 12.2 Å². The van der Waals surface area contributed by atoms with E-state index in [0.29, 0.717) is 0 Å². The van der Waals surface area contributed by atoms with Gasteiger partial charge < -0.3 is 15.5 Å². The number of urea groups is 1. The molecule has 0 spiro atoms. The van der Waals surface area contributed by atoms with Crippen molar-refractivity contribution in [2.45, 2.75) is 31.5 Å². The third kappa shape index (κ3) is 4.13. The number of hydrogen-bond acceptors (Lipinski definition) is 2. The van der Waals surface area contributed by atoms with Crippen molar-refractivity contribution in [1.82, 2.24) is 10.2 Å². The second kappa shape index (κ2) is 7.00. The van der Waals surface area contributed by atoms with Gasteiger partial charge in [-0.2, -0.15) is 13.2 Å². The molecule has 0 aliphatic carbocycles. The standard InChI is InChI=1S/C15H20F3N3O/c1-21(11-5-4-9-19-10-8-11)14(22)20-13-7-3-2-6-12(13)15(16,17)18/h2-3,6-7,11,19H,4-5,8-10H2,1H3,(H,20,22). The molecule has 1 aromatic carbocycles. The number of benzene rings is 1. The smallest absolute Gasteiger partial charge is 0.325 e. The van der Waals surface area contributed by atoms with E-state index in [-0.39, 0.29) is 11.7 Å². The molecule has 0 aromatic heterocycles. The Bertz CT molecular complexity index is 511. The first-order valence-electron chi connectivity index (χ1n) is 7.30. The van der Waals surface area contributed by atoms with E-state index in [1.165, 1.54) is 23.1 Å². The average molecular weight is 315 g/mol. The maximum absolute atomic E-state index is 12.9. The first-order valence-corrected chi connectivity index (χ1v) is 7.30. The van der Waals surface area contributed by atoms with E-state index in [1.54, 1.807) is 7.05 Å². The molecule has 7 heteroatoms. The van der Waals surface area contributed by atoms with Crippen molar-refractivity contribution in [3.8, 4) is 0 Å². The largest absolute Gasteiger partial charge is 0.418 e. The molecular formula is C15H20F3N3O. The minimum absolute atomic E-state index is 0.0352. The molecule has 1 aromatic rings. The highest BCUT2D eigenvalue weighted by Crippen LogP contribution is 2.34. The predicted octanol–water partition coefficient (Wildman–Crippen LogP) is 3.31. The summed E-state index contributed by atoms with van der Waals surface area (Å²) in [7, 11) is 1.63. The van der Waals surface area contributed by atoms with Gasteiger partial charge in [0.25, 0.3) is 0 Å². The number of nitrogens with one attached hydrogen (secondary N) is 2. The van der Waals surface area contributed by atoms with Crippen LogP contribution in [0.3, 0.4) is 0 Å². The molecule has 1 aliphatic rings. The van der Waals surface area contributed by atoms with E-state index in [1.807, 2.05) is 0 Å². The van der Waals surface area contributed by atoms with Crippen LogP contribution in [0.25, 0.3) is 0 Å². The maximum atomic E-state index is 12.9. The average Bonchev–Trinajstić information content (AvgIpc) is 2.75. The zero-order chi connectivity index (χ0) is 16.2. The zero-order valence-corrected chi connectivity index (χ0v) is 12.4. The fraction of sp³-hybridized carbons (Fsp3) is 0.533. The summed E-state index contributed by atoms with van der Waals surface area (Å²) in [5, 5.41) is 5.62. The number of para-hydroxylation sites is 1. The van der Waals surface area contributed by atoms with Crippen LogP contribution in [0.2, 0.25) is 0 Å². The van der Waals surface area contributed by atoms with E-state index in [2.05, 4.69) is 10.6 Å². The minimum Gasteiger partial charge on any atom is -0.325 e. The number of anilines is 1. The van der Waals surface area contributed by atoms with Crippen molar-refractivity contribution in [2.75, 3.05) is 25.5 Å². The van der Waals surface area contributed by atoms with Crippen LogP contribution in [0.1, 0.15) is 24.8 Å². The lowest BCUT2D eigenvalue weighted by atomic mass is 10.1. The lowest BCUT2D eigenvalue weighted by Gasteiger charge is -2.27. The van der Waals surface area contributed by atoms with Crippen molar-refractivity contribution in [1.29, 1.82) is 0 Å². The summed E-state index contributed by atoms with van der Waals surface area (Å²) < 4.78 is 38.8. The van der Waals surface area contributed by atoms with Crippen molar-refractivity contribution >= 4 is 11.7 Å². The van der Waals surface area contributed by atoms with Gasteiger partial charge in [0.1, 0.15) is 0 Å². The van der Waals surface area contributed by atoms with Crippen LogP contribution in [0.5, 0.6) is 0 Å². The molecule has 1 saturated heterocycles. The van der Waals surface area contributed by atoms with Gasteiger partial charge in [-0.1, -0.05) is 12.1 Å². The molecule has 1 fully saturated rings. The van der Waals surface area contributed by atoms with Crippen molar-refractivity contribution < 1.29 is 18.0 Å². The molecule has 0 radical (unpaired) electrons. The molecule has 1 aliphatic heterocycles. The molecule has 0 bridgehead atoms. The quantitative estimate of drug-likeness (QED) is 0.879. The van der Waals surface area contributed by atoms with Crippen molar-refractivity contribution in [3.63, 3.8) is 0 Å². The minimum atomic E-state index is -4.49. The first-order chi connectivity index (χ1) is 10.4. The van der Waals surface area contributed by atoms with Gasteiger partial charge in [0.2, 0.25) is 0 Å². The van der Waals surface area contributed by atoms with E-state index < -0.39 is 17.8 Å². The predicted molar refractivity (Wildman–Crippen MR) is 78.7 cm³/mol. The summed E-state index contributed by atoms with van der Waals surface area (Å²) in [4.78, 5) is 13.7. The van der Waals surface area contributed by atoms with Crippen LogP contribution < -0.4 is 10.6 Å². The first kappa shape index (κ1) is 16.6. The van der Waals surface area contributed by atoms with Crippen LogP contribution in [-0.2, 0) is 6.18 Å². The Labute approximate surface area is 127 Å². The molecule has 1 atom stereocenters. The van der Waals surface area contributed by atoms with Crippen LogP contribution in [0.15, 0.2) is 24.3 Å². The highest BCUT2D eigenvalue weighted by atomic mass is 19.4. The van der Waals surface area contributed by atoms with E-state index in [4.69, 9.17) is 0 Å².